The second kappa shape index (κ2) is 16.2. The maximum atomic E-state index is 4.76. The van der Waals surface area contributed by atoms with Gasteiger partial charge in [-0.25, -0.2) is 0 Å². The second-order valence-electron chi connectivity index (χ2n) is 12.3. The molecule has 0 amide bonds. The lowest BCUT2D eigenvalue weighted by molar-refractivity contribution is 1.30. The van der Waals surface area contributed by atoms with Gasteiger partial charge < -0.3 is 0 Å². The molecule has 0 unspecified atom stereocenters. The number of hydrogen-bond acceptors (Lipinski definition) is 8. The Balaban J connectivity index is 1.13. The number of aliphatic imine (C=N–C) groups is 4. The molecule has 8 heteroatoms. The molecule has 0 spiro atoms. The van der Waals surface area contributed by atoms with Gasteiger partial charge in [-0.2, -0.15) is 0 Å². The predicted octanol–water partition coefficient (Wildman–Crippen LogP) is 10.8. The number of benzene rings is 4. The first kappa shape index (κ1) is 33.6. The molecule has 0 aliphatic heterocycles. The van der Waals surface area contributed by atoms with Gasteiger partial charge in [0.25, 0.3) is 0 Å². The van der Waals surface area contributed by atoms with E-state index in [0.717, 1.165) is 78.6 Å². The van der Waals surface area contributed by atoms with Crippen molar-refractivity contribution in [2.45, 2.75) is 0 Å². The van der Waals surface area contributed by atoms with Gasteiger partial charge in [-0.1, -0.05) is 48.5 Å². The largest absolute Gasteiger partial charge is 0.255 e. The van der Waals surface area contributed by atoms with Gasteiger partial charge >= 0.3 is 0 Å². The first-order chi connectivity index (χ1) is 26.7. The topological polar surface area (TPSA) is 101 Å². The second-order valence-corrected chi connectivity index (χ2v) is 12.3. The van der Waals surface area contributed by atoms with Crippen molar-refractivity contribution in [2.75, 3.05) is 0 Å². The molecule has 0 saturated heterocycles. The van der Waals surface area contributed by atoms with Gasteiger partial charge in [0, 0.05) is 24.8 Å². The zero-order valence-corrected chi connectivity index (χ0v) is 29.1. The molecular weight excluding hydrogens is 665 g/mol. The predicted molar refractivity (Wildman–Crippen MR) is 221 cm³/mol. The van der Waals surface area contributed by atoms with Crippen LogP contribution in [0.3, 0.4) is 0 Å². The lowest BCUT2D eigenvalue weighted by Gasteiger charge is -2.10. The van der Waals surface area contributed by atoms with Crippen molar-refractivity contribution >= 4 is 58.4 Å². The summed E-state index contributed by atoms with van der Waals surface area (Å²) in [4.78, 5) is 36.6. The third kappa shape index (κ3) is 8.65. The molecule has 0 atom stereocenters. The van der Waals surface area contributed by atoms with Crippen LogP contribution >= 0.6 is 0 Å². The molecule has 8 nitrogen and oxygen atoms in total. The average molecular weight is 697 g/mol. The molecule has 4 aromatic heterocycles. The smallest absolute Gasteiger partial charge is 0.0812 e. The van der Waals surface area contributed by atoms with Crippen molar-refractivity contribution < 1.29 is 0 Å². The summed E-state index contributed by atoms with van der Waals surface area (Å²) in [5, 5.41) is 2.21. The molecule has 4 heterocycles. The summed E-state index contributed by atoms with van der Waals surface area (Å²) in [5.41, 5.74) is 10.3. The van der Waals surface area contributed by atoms with Gasteiger partial charge in [0.1, 0.15) is 0 Å². The summed E-state index contributed by atoms with van der Waals surface area (Å²) in [7, 11) is 0. The van der Waals surface area contributed by atoms with E-state index in [9.17, 15) is 0 Å². The minimum atomic E-state index is 0.772. The molecule has 0 saturated carbocycles. The highest BCUT2D eigenvalue weighted by Gasteiger charge is 2.08. The molecule has 0 N–H and O–H groups in total. The summed E-state index contributed by atoms with van der Waals surface area (Å²) in [6.07, 6.45) is 14.1. The maximum absolute atomic E-state index is 4.76. The van der Waals surface area contributed by atoms with Crippen molar-refractivity contribution in [1.29, 1.82) is 0 Å². The quantitative estimate of drug-likeness (QED) is 0.133. The Hall–Kier alpha value is -7.58. The third-order valence-corrected chi connectivity index (χ3v) is 8.45. The van der Waals surface area contributed by atoms with Crippen LogP contribution in [0.15, 0.2) is 190 Å². The Morgan fingerprint density at radius 2 is 0.611 bits per heavy atom. The van der Waals surface area contributed by atoms with Crippen LogP contribution in [0.4, 0.5) is 22.7 Å². The average Bonchev–Trinajstić information content (AvgIpc) is 3.24. The highest BCUT2D eigenvalue weighted by Crippen LogP contribution is 2.35. The summed E-state index contributed by atoms with van der Waals surface area (Å²) >= 11 is 0. The minimum absolute atomic E-state index is 0.772. The van der Waals surface area contributed by atoms with E-state index in [4.69, 9.17) is 20.0 Å². The van der Waals surface area contributed by atoms with Crippen LogP contribution in [-0.4, -0.2) is 44.8 Å². The van der Waals surface area contributed by atoms with Crippen LogP contribution in [-0.2, 0) is 0 Å². The van der Waals surface area contributed by atoms with E-state index in [1.165, 1.54) is 0 Å². The Morgan fingerprint density at radius 1 is 0.296 bits per heavy atom. The van der Waals surface area contributed by atoms with E-state index in [1.54, 1.807) is 49.6 Å². The number of aromatic nitrogens is 4. The van der Waals surface area contributed by atoms with E-state index in [2.05, 4.69) is 80.6 Å². The summed E-state index contributed by atoms with van der Waals surface area (Å²) in [6, 6.07) is 48.2. The van der Waals surface area contributed by atoms with Crippen LogP contribution in [0.1, 0.15) is 22.8 Å². The molecule has 54 heavy (non-hydrogen) atoms. The Morgan fingerprint density at radius 3 is 0.889 bits per heavy atom. The van der Waals surface area contributed by atoms with E-state index in [0.29, 0.717) is 0 Å². The highest BCUT2D eigenvalue weighted by atomic mass is 14.8. The fourth-order valence-electron chi connectivity index (χ4n) is 5.80. The normalized spacial score (nSPS) is 11.8. The zero-order valence-electron chi connectivity index (χ0n) is 29.1. The SMILES string of the molecule is C(=Nc1cc(N=Cc2ccccn2)cc(-c2ccc3cc(-c4cc(N=Cc5ccccn5)cc(N=Cc5ccccn5)c4)ccc3c2)c1)c1ccccn1. The first-order valence-corrected chi connectivity index (χ1v) is 17.4. The van der Waals surface area contributed by atoms with Gasteiger partial charge in [-0.05, 0) is 130 Å². The zero-order chi connectivity index (χ0) is 36.4. The molecule has 0 radical (unpaired) electrons. The molecule has 0 bridgehead atoms. The Kier molecular flexibility index (Phi) is 10.1. The van der Waals surface area contributed by atoms with Crippen LogP contribution in [0.2, 0.25) is 0 Å². The highest BCUT2D eigenvalue weighted by molar-refractivity contribution is 5.93. The molecule has 8 rings (SSSR count). The fourth-order valence-corrected chi connectivity index (χ4v) is 5.80. The van der Waals surface area contributed by atoms with Gasteiger partial charge in [-0.3, -0.25) is 39.9 Å². The fraction of sp³-hybridized carbons (Fsp3) is 0. The molecule has 0 aliphatic carbocycles. The molecule has 0 fully saturated rings. The Bertz CT molecular complexity index is 2320. The van der Waals surface area contributed by atoms with Crippen LogP contribution in [0.25, 0.3) is 33.0 Å². The molecule has 0 aliphatic rings. The molecule has 8 aromatic rings. The van der Waals surface area contributed by atoms with Crippen molar-refractivity contribution in [2.24, 2.45) is 20.0 Å². The van der Waals surface area contributed by atoms with E-state index in [1.807, 2.05) is 84.9 Å². The summed E-state index contributed by atoms with van der Waals surface area (Å²) in [6.45, 7) is 0. The summed E-state index contributed by atoms with van der Waals surface area (Å²) < 4.78 is 0. The number of pyridine rings is 4. The third-order valence-electron chi connectivity index (χ3n) is 8.45. The van der Waals surface area contributed by atoms with Gasteiger partial charge in [-0.15, -0.1) is 0 Å². The standard InChI is InChI=1S/C46H32N8/c1-5-17-47-39(9-1)29-51-43-23-37(24-44(27-43)52-30-40-10-2-6-18-48-40)35-15-13-34-22-36(16-14-33(34)21-35)38-25-45(53-31-41-11-3-7-19-49-41)28-46(26-38)54-32-42-12-4-8-20-50-42/h1-32H. The molecule has 4 aromatic carbocycles. The number of fused-ring (bicyclic) bond motifs is 1. The lowest BCUT2D eigenvalue weighted by atomic mass is 9.97. The van der Waals surface area contributed by atoms with E-state index < -0.39 is 0 Å². The van der Waals surface area contributed by atoms with Gasteiger partial charge in [0.15, 0.2) is 0 Å². The van der Waals surface area contributed by atoms with Crippen molar-refractivity contribution in [3.8, 4) is 22.3 Å². The van der Waals surface area contributed by atoms with Crippen LogP contribution < -0.4 is 0 Å². The molecular formula is C46H32N8. The first-order valence-electron chi connectivity index (χ1n) is 17.4. The van der Waals surface area contributed by atoms with Crippen molar-refractivity contribution in [1.82, 2.24) is 19.9 Å². The number of nitrogens with zero attached hydrogens (tertiary/aromatic N) is 8. The number of rotatable bonds is 10. The summed E-state index contributed by atoms with van der Waals surface area (Å²) in [5.74, 6) is 0. The van der Waals surface area contributed by atoms with Crippen LogP contribution in [0.5, 0.6) is 0 Å². The van der Waals surface area contributed by atoms with Gasteiger partial charge in [0.2, 0.25) is 0 Å². The van der Waals surface area contributed by atoms with Crippen molar-refractivity contribution in [3.63, 3.8) is 0 Å². The van der Waals surface area contributed by atoms with E-state index in [-0.39, 0.29) is 0 Å². The minimum Gasteiger partial charge on any atom is -0.255 e. The monoisotopic (exact) mass is 696 g/mol. The lowest BCUT2D eigenvalue weighted by Crippen LogP contribution is -1.86. The van der Waals surface area contributed by atoms with Gasteiger partial charge in [0.05, 0.1) is 70.4 Å². The number of hydrogen-bond donors (Lipinski definition) is 0. The van der Waals surface area contributed by atoms with Crippen molar-refractivity contribution in [3.05, 3.63) is 193 Å². The molecule has 256 valence electrons. The Labute approximate surface area is 312 Å². The van der Waals surface area contributed by atoms with Crippen LogP contribution in [0, 0.1) is 0 Å². The maximum Gasteiger partial charge on any atom is 0.0812 e. The van der Waals surface area contributed by atoms with E-state index >= 15 is 0 Å².